The Kier molecular flexibility index (Phi) is 4.92. The van der Waals surface area contributed by atoms with Crippen LogP contribution in [0.15, 0.2) is 40.3 Å². The number of allylic oxidation sites excluding steroid dienone is 2. The molecule has 8 heteroatoms. The van der Waals surface area contributed by atoms with Crippen molar-refractivity contribution in [1.82, 2.24) is 4.83 Å². The van der Waals surface area contributed by atoms with Crippen molar-refractivity contribution in [2.24, 2.45) is 11.0 Å². The number of rotatable bonds is 5. The van der Waals surface area contributed by atoms with Crippen LogP contribution in [0.5, 0.6) is 0 Å². The van der Waals surface area contributed by atoms with E-state index in [1.54, 1.807) is 13.1 Å². The zero-order valence-electron chi connectivity index (χ0n) is 12.1. The second-order valence-electron chi connectivity index (χ2n) is 5.12. The molecule has 2 rings (SSSR count). The Hall–Kier alpha value is -2.22. The minimum atomic E-state index is -3.90. The van der Waals surface area contributed by atoms with Crippen molar-refractivity contribution >= 4 is 21.9 Å². The molecule has 1 atom stereocenters. The third-order valence-electron chi connectivity index (χ3n) is 3.46. The normalized spacial score (nSPS) is 18.5. The molecule has 0 saturated carbocycles. The Labute approximate surface area is 128 Å². The number of nitrogens with zero attached hydrogens (tertiary/aromatic N) is 2. The number of sulfonamides is 1. The molecule has 1 aliphatic carbocycles. The van der Waals surface area contributed by atoms with Gasteiger partial charge in [0, 0.05) is 17.8 Å². The second-order valence-corrected chi connectivity index (χ2v) is 6.78. The summed E-state index contributed by atoms with van der Waals surface area (Å²) in [7, 11) is -3.90. The van der Waals surface area contributed by atoms with Crippen LogP contribution >= 0.6 is 0 Å². The number of nitrogens with one attached hydrogen (secondary N) is 1. The van der Waals surface area contributed by atoms with E-state index >= 15 is 0 Å². The van der Waals surface area contributed by atoms with Gasteiger partial charge in [-0.05, 0) is 38.2 Å². The zero-order chi connectivity index (χ0) is 16.2. The molecule has 1 aliphatic rings. The second kappa shape index (κ2) is 6.69. The van der Waals surface area contributed by atoms with Gasteiger partial charge >= 0.3 is 0 Å². The number of aryl methyl sites for hydroxylation is 1. The fourth-order valence-corrected chi connectivity index (χ4v) is 2.98. The van der Waals surface area contributed by atoms with Crippen molar-refractivity contribution in [2.75, 3.05) is 0 Å². The maximum absolute atomic E-state index is 12.1. The van der Waals surface area contributed by atoms with Crippen molar-refractivity contribution < 1.29 is 13.3 Å². The largest absolute Gasteiger partial charge is 0.276 e. The third-order valence-corrected chi connectivity index (χ3v) is 4.68. The Bertz CT molecular complexity index is 726. The third kappa shape index (κ3) is 3.91. The highest BCUT2D eigenvalue weighted by atomic mass is 32.2. The van der Waals surface area contributed by atoms with Gasteiger partial charge in [-0.25, -0.2) is 4.83 Å². The van der Waals surface area contributed by atoms with Gasteiger partial charge in [-0.1, -0.05) is 18.2 Å². The van der Waals surface area contributed by atoms with Crippen LogP contribution in [0.4, 0.5) is 5.69 Å². The van der Waals surface area contributed by atoms with Crippen LogP contribution in [-0.4, -0.2) is 19.6 Å². The topological polar surface area (TPSA) is 102 Å². The highest BCUT2D eigenvalue weighted by Gasteiger charge is 2.19. The van der Waals surface area contributed by atoms with Gasteiger partial charge in [0.05, 0.1) is 9.82 Å². The molecule has 0 aliphatic heterocycles. The maximum atomic E-state index is 12.1. The summed E-state index contributed by atoms with van der Waals surface area (Å²) in [5, 5.41) is 14.6. The predicted molar refractivity (Wildman–Crippen MR) is 83.1 cm³/mol. The van der Waals surface area contributed by atoms with Crippen molar-refractivity contribution in [3.05, 3.63) is 46.0 Å². The first-order chi connectivity index (χ1) is 10.4. The fraction of sp³-hybridized carbons (Fsp3) is 0.357. The van der Waals surface area contributed by atoms with Gasteiger partial charge in [0.15, 0.2) is 0 Å². The molecule has 0 radical (unpaired) electrons. The Balaban J connectivity index is 2.13. The lowest BCUT2D eigenvalue weighted by atomic mass is 9.96. The molecule has 0 saturated heterocycles. The molecule has 1 N–H and O–H groups in total. The average molecular weight is 323 g/mol. The van der Waals surface area contributed by atoms with Crippen LogP contribution in [0.1, 0.15) is 24.8 Å². The summed E-state index contributed by atoms with van der Waals surface area (Å²) in [6.45, 7) is 1.55. The number of hydrogen-bond acceptors (Lipinski definition) is 5. The molecular weight excluding hydrogens is 306 g/mol. The first kappa shape index (κ1) is 16.2. The van der Waals surface area contributed by atoms with Gasteiger partial charge in [-0.2, -0.15) is 13.5 Å². The summed E-state index contributed by atoms with van der Waals surface area (Å²) in [6, 6.07) is 3.77. The summed E-state index contributed by atoms with van der Waals surface area (Å²) in [4.78, 5) is 12.2. The average Bonchev–Trinajstić information content (AvgIpc) is 2.48. The van der Waals surface area contributed by atoms with Crippen LogP contribution in [0, 0.1) is 23.0 Å². The lowest BCUT2D eigenvalue weighted by Crippen LogP contribution is -2.19. The molecule has 0 fully saturated rings. The minimum Gasteiger partial charge on any atom is -0.258 e. The standard InChI is InChI=1S/C14H17N3O4S/c1-11-7-8-13(9-14(11)17(18)19)22(20,21)16-15-10-12-5-3-2-4-6-12/h2-3,7-10,12,16H,4-6H2,1H3/b15-10-/t12-/m0/s1. The van der Waals surface area contributed by atoms with Crippen molar-refractivity contribution in [3.63, 3.8) is 0 Å². The Morgan fingerprint density at radius 1 is 1.41 bits per heavy atom. The number of hydrogen-bond donors (Lipinski definition) is 1. The number of hydrazone groups is 1. The van der Waals surface area contributed by atoms with Crippen molar-refractivity contribution in [2.45, 2.75) is 31.1 Å². The Morgan fingerprint density at radius 3 is 2.82 bits per heavy atom. The molecule has 0 amide bonds. The quantitative estimate of drug-likeness (QED) is 0.389. The van der Waals surface area contributed by atoms with Gasteiger partial charge in [0.2, 0.25) is 0 Å². The van der Waals surface area contributed by atoms with Gasteiger partial charge in [0.1, 0.15) is 0 Å². The Morgan fingerprint density at radius 2 is 2.18 bits per heavy atom. The van der Waals surface area contributed by atoms with E-state index in [0.29, 0.717) is 5.56 Å². The van der Waals surface area contributed by atoms with Crippen molar-refractivity contribution in [3.8, 4) is 0 Å². The highest BCUT2D eigenvalue weighted by molar-refractivity contribution is 7.89. The van der Waals surface area contributed by atoms with E-state index in [1.807, 2.05) is 6.08 Å². The highest BCUT2D eigenvalue weighted by Crippen LogP contribution is 2.22. The molecule has 0 bridgehead atoms. The zero-order valence-corrected chi connectivity index (χ0v) is 12.9. The summed E-state index contributed by atoms with van der Waals surface area (Å²) < 4.78 is 24.2. The molecule has 1 aromatic carbocycles. The fourth-order valence-electron chi connectivity index (χ4n) is 2.16. The summed E-state index contributed by atoms with van der Waals surface area (Å²) >= 11 is 0. The van der Waals surface area contributed by atoms with E-state index < -0.39 is 14.9 Å². The number of nitro groups is 1. The molecular formula is C14H17N3O4S. The van der Waals surface area contributed by atoms with E-state index in [-0.39, 0.29) is 16.5 Å². The lowest BCUT2D eigenvalue weighted by molar-refractivity contribution is -0.385. The van der Waals surface area contributed by atoms with E-state index in [0.717, 1.165) is 25.3 Å². The molecule has 0 heterocycles. The van der Waals surface area contributed by atoms with Crippen LogP contribution in [0.25, 0.3) is 0 Å². The van der Waals surface area contributed by atoms with E-state index in [4.69, 9.17) is 0 Å². The summed E-state index contributed by atoms with van der Waals surface area (Å²) in [5.41, 5.74) is 0.172. The van der Waals surface area contributed by atoms with Gasteiger partial charge in [0.25, 0.3) is 15.7 Å². The predicted octanol–water partition coefficient (Wildman–Crippen LogP) is 2.52. The van der Waals surface area contributed by atoms with Gasteiger partial charge in [-0.3, -0.25) is 10.1 Å². The van der Waals surface area contributed by atoms with Crippen LogP contribution < -0.4 is 4.83 Å². The smallest absolute Gasteiger partial charge is 0.258 e. The van der Waals surface area contributed by atoms with Crippen LogP contribution in [-0.2, 0) is 10.0 Å². The minimum absolute atomic E-state index is 0.175. The monoisotopic (exact) mass is 323 g/mol. The van der Waals surface area contributed by atoms with E-state index in [2.05, 4.69) is 16.0 Å². The number of benzene rings is 1. The first-order valence-corrected chi connectivity index (χ1v) is 8.33. The molecule has 118 valence electrons. The summed E-state index contributed by atoms with van der Waals surface area (Å²) in [5.74, 6) is 0.208. The summed E-state index contributed by atoms with van der Waals surface area (Å²) in [6.07, 6.45) is 8.41. The maximum Gasteiger partial charge on any atom is 0.276 e. The molecule has 1 aromatic rings. The first-order valence-electron chi connectivity index (χ1n) is 6.85. The number of nitro benzene ring substituents is 1. The molecule has 0 spiro atoms. The van der Waals surface area contributed by atoms with Crippen LogP contribution in [0.3, 0.4) is 0 Å². The van der Waals surface area contributed by atoms with E-state index in [9.17, 15) is 18.5 Å². The molecule has 0 aromatic heterocycles. The molecule has 0 unspecified atom stereocenters. The van der Waals surface area contributed by atoms with Crippen molar-refractivity contribution in [1.29, 1.82) is 0 Å². The lowest BCUT2D eigenvalue weighted by Gasteiger charge is -2.12. The van der Waals surface area contributed by atoms with Crippen LogP contribution in [0.2, 0.25) is 0 Å². The van der Waals surface area contributed by atoms with Gasteiger partial charge < -0.3 is 0 Å². The molecule has 7 nitrogen and oxygen atoms in total. The van der Waals surface area contributed by atoms with Gasteiger partial charge in [-0.15, -0.1) is 0 Å². The van der Waals surface area contributed by atoms with E-state index in [1.165, 1.54) is 12.1 Å². The SMILES string of the molecule is Cc1ccc(S(=O)(=O)N/N=C\[C@H]2CC=CCC2)cc1[N+](=O)[O-]. The molecule has 22 heavy (non-hydrogen) atoms.